The molecule has 0 bridgehead atoms. The second-order valence-electron chi connectivity index (χ2n) is 2.07. The summed E-state index contributed by atoms with van der Waals surface area (Å²) < 4.78 is 24.9. The monoisotopic (exact) mass is 203 g/mol. The topological polar surface area (TPSA) is 80.4 Å². The number of rotatable bonds is 1. The third-order valence-corrected chi connectivity index (χ3v) is 1.22. The Morgan fingerprint density at radius 2 is 1.93 bits per heavy atom. The van der Waals surface area contributed by atoms with Gasteiger partial charge in [0.2, 0.25) is 0 Å². The van der Waals surface area contributed by atoms with Crippen LogP contribution in [0.5, 0.6) is 0 Å². The van der Waals surface area contributed by atoms with Crippen LogP contribution in [0.4, 0.5) is 8.78 Å². The summed E-state index contributed by atoms with van der Waals surface area (Å²) in [6.07, 6.45) is 0. The number of amides is 1. The van der Waals surface area contributed by atoms with E-state index in [0.29, 0.717) is 0 Å². The van der Waals surface area contributed by atoms with E-state index in [0.717, 1.165) is 12.1 Å². The Hall–Kier alpha value is -1.98. The van der Waals surface area contributed by atoms with Crippen molar-refractivity contribution in [1.82, 2.24) is 0 Å². The zero-order chi connectivity index (χ0) is 11.1. The molecule has 76 valence electrons. The Morgan fingerprint density at radius 1 is 1.43 bits per heavy atom. The molecule has 4 nitrogen and oxygen atoms in total. The van der Waals surface area contributed by atoms with Gasteiger partial charge in [-0.25, -0.2) is 8.78 Å². The standard InChI is InChI=1S/C7H5F2NO.CH2O2/c8-5-3-1-2-4(6(5)9)7(10)11;2-1-3/h1-3H,(H2,10,11);1H,(H,2,3). The molecule has 0 saturated heterocycles. The smallest absolute Gasteiger partial charge is 0.290 e. The zero-order valence-electron chi connectivity index (χ0n) is 6.91. The van der Waals surface area contributed by atoms with Gasteiger partial charge in [-0.15, -0.1) is 0 Å². The number of nitrogens with two attached hydrogens (primary N) is 1. The molecule has 0 aliphatic rings. The van der Waals surface area contributed by atoms with Gasteiger partial charge in [0.1, 0.15) is 0 Å². The minimum absolute atomic E-state index is 0.250. The number of carbonyl (C=O) groups is 2. The lowest BCUT2D eigenvalue weighted by atomic mass is 10.2. The van der Waals surface area contributed by atoms with Crippen LogP contribution >= 0.6 is 0 Å². The van der Waals surface area contributed by atoms with Crippen LogP contribution in [0.2, 0.25) is 0 Å². The molecule has 0 radical (unpaired) electrons. The maximum Gasteiger partial charge on any atom is 0.290 e. The predicted octanol–water partition coefficient (Wildman–Crippen LogP) is 0.765. The largest absolute Gasteiger partial charge is 0.483 e. The van der Waals surface area contributed by atoms with E-state index in [1.165, 1.54) is 6.07 Å². The predicted molar refractivity (Wildman–Crippen MR) is 43.6 cm³/mol. The minimum Gasteiger partial charge on any atom is -0.483 e. The fourth-order valence-corrected chi connectivity index (χ4v) is 0.694. The van der Waals surface area contributed by atoms with Gasteiger partial charge in [0.25, 0.3) is 12.4 Å². The van der Waals surface area contributed by atoms with Crippen molar-refractivity contribution in [2.75, 3.05) is 0 Å². The van der Waals surface area contributed by atoms with Crippen LogP contribution in [0.1, 0.15) is 10.4 Å². The average Bonchev–Trinajstić information content (AvgIpc) is 2.10. The summed E-state index contributed by atoms with van der Waals surface area (Å²) in [4.78, 5) is 18.8. The van der Waals surface area contributed by atoms with Gasteiger partial charge in [-0.2, -0.15) is 0 Å². The summed E-state index contributed by atoms with van der Waals surface area (Å²) >= 11 is 0. The van der Waals surface area contributed by atoms with Crippen molar-refractivity contribution in [3.8, 4) is 0 Å². The Kier molecular flexibility index (Phi) is 4.83. The van der Waals surface area contributed by atoms with Gasteiger partial charge in [0.05, 0.1) is 5.56 Å². The first-order valence-corrected chi connectivity index (χ1v) is 3.36. The van der Waals surface area contributed by atoms with Gasteiger partial charge >= 0.3 is 0 Å². The van der Waals surface area contributed by atoms with Crippen LogP contribution in [-0.2, 0) is 4.79 Å². The highest BCUT2D eigenvalue weighted by atomic mass is 19.2. The van der Waals surface area contributed by atoms with Crippen molar-refractivity contribution in [3.05, 3.63) is 35.4 Å². The molecule has 0 unspecified atom stereocenters. The first-order chi connectivity index (χ1) is 6.54. The molecule has 3 N–H and O–H groups in total. The summed E-state index contributed by atoms with van der Waals surface area (Å²) in [6, 6.07) is 3.26. The van der Waals surface area contributed by atoms with Crippen LogP contribution in [0.3, 0.4) is 0 Å². The van der Waals surface area contributed by atoms with Gasteiger partial charge in [-0.3, -0.25) is 9.59 Å². The van der Waals surface area contributed by atoms with Crippen molar-refractivity contribution in [2.24, 2.45) is 5.73 Å². The molecule has 0 spiro atoms. The Morgan fingerprint density at radius 3 is 2.29 bits per heavy atom. The number of carbonyl (C=O) groups excluding carboxylic acids is 1. The summed E-state index contributed by atoms with van der Waals surface area (Å²) in [5, 5.41) is 6.89. The van der Waals surface area contributed by atoms with Crippen molar-refractivity contribution in [1.29, 1.82) is 0 Å². The molecule has 0 saturated carbocycles. The quantitative estimate of drug-likeness (QED) is 0.661. The number of hydrogen-bond acceptors (Lipinski definition) is 2. The number of benzene rings is 1. The lowest BCUT2D eigenvalue weighted by molar-refractivity contribution is -0.122. The molecule has 0 aliphatic heterocycles. The van der Waals surface area contributed by atoms with Crippen molar-refractivity contribution in [3.63, 3.8) is 0 Å². The Bertz CT molecular complexity index is 341. The maximum absolute atomic E-state index is 12.6. The highest BCUT2D eigenvalue weighted by Crippen LogP contribution is 2.09. The molecule has 0 fully saturated rings. The van der Waals surface area contributed by atoms with Gasteiger partial charge < -0.3 is 10.8 Å². The fourth-order valence-electron chi connectivity index (χ4n) is 0.694. The molecule has 0 atom stereocenters. The molecule has 1 aromatic carbocycles. The van der Waals surface area contributed by atoms with Gasteiger partial charge in [-0.1, -0.05) is 6.07 Å². The van der Waals surface area contributed by atoms with E-state index < -0.39 is 23.1 Å². The molecule has 0 aromatic heterocycles. The number of hydrogen-bond donors (Lipinski definition) is 2. The van der Waals surface area contributed by atoms with Crippen LogP contribution in [0.15, 0.2) is 18.2 Å². The van der Waals surface area contributed by atoms with E-state index in [2.05, 4.69) is 0 Å². The van der Waals surface area contributed by atoms with Crippen molar-refractivity contribution < 1.29 is 23.5 Å². The molecule has 1 rings (SSSR count). The number of primary amides is 1. The molecule has 1 aromatic rings. The third-order valence-electron chi connectivity index (χ3n) is 1.22. The van der Waals surface area contributed by atoms with Crippen LogP contribution in [0, 0.1) is 11.6 Å². The van der Waals surface area contributed by atoms with E-state index >= 15 is 0 Å². The SMILES string of the molecule is NC(=O)c1cccc(F)c1F.O=CO. The van der Waals surface area contributed by atoms with E-state index in [1.807, 2.05) is 0 Å². The van der Waals surface area contributed by atoms with E-state index in [1.54, 1.807) is 0 Å². The van der Waals surface area contributed by atoms with Gasteiger partial charge in [0, 0.05) is 0 Å². The number of carboxylic acid groups (broad SMARTS) is 1. The van der Waals surface area contributed by atoms with Crippen LogP contribution in [0.25, 0.3) is 0 Å². The second-order valence-corrected chi connectivity index (χ2v) is 2.07. The Labute approximate surface area is 78.0 Å². The van der Waals surface area contributed by atoms with Gasteiger partial charge in [0.15, 0.2) is 11.6 Å². The normalized spacial score (nSPS) is 8.43. The highest BCUT2D eigenvalue weighted by Gasteiger charge is 2.10. The first-order valence-electron chi connectivity index (χ1n) is 3.36. The van der Waals surface area contributed by atoms with Gasteiger partial charge in [-0.05, 0) is 12.1 Å². The average molecular weight is 203 g/mol. The fraction of sp³-hybridized carbons (Fsp3) is 0. The molecular weight excluding hydrogens is 196 g/mol. The molecule has 6 heteroatoms. The summed E-state index contributed by atoms with van der Waals surface area (Å²) in [5.74, 6) is -3.23. The first kappa shape index (κ1) is 12.0. The molecule has 0 heterocycles. The van der Waals surface area contributed by atoms with Crippen molar-refractivity contribution >= 4 is 12.4 Å². The summed E-state index contributed by atoms with van der Waals surface area (Å²) in [7, 11) is 0. The van der Waals surface area contributed by atoms with E-state index in [9.17, 15) is 13.6 Å². The molecule has 14 heavy (non-hydrogen) atoms. The maximum atomic E-state index is 12.6. The summed E-state index contributed by atoms with van der Waals surface area (Å²) in [6.45, 7) is -0.250. The molecule has 1 amide bonds. The van der Waals surface area contributed by atoms with Crippen molar-refractivity contribution in [2.45, 2.75) is 0 Å². The lowest BCUT2D eigenvalue weighted by Crippen LogP contribution is -2.13. The molecule has 0 aliphatic carbocycles. The molecular formula is C8H7F2NO3. The van der Waals surface area contributed by atoms with Crippen LogP contribution in [-0.4, -0.2) is 17.5 Å². The highest BCUT2D eigenvalue weighted by molar-refractivity contribution is 5.92. The minimum atomic E-state index is -1.19. The lowest BCUT2D eigenvalue weighted by Gasteiger charge is -1.96. The van der Waals surface area contributed by atoms with E-state index in [4.69, 9.17) is 15.6 Å². The second kappa shape index (κ2) is 5.63. The zero-order valence-corrected chi connectivity index (χ0v) is 6.91. The van der Waals surface area contributed by atoms with E-state index in [-0.39, 0.29) is 6.47 Å². The van der Waals surface area contributed by atoms with Crippen LogP contribution < -0.4 is 5.73 Å². The Balaban J connectivity index is 0.000000500. The summed E-state index contributed by atoms with van der Waals surface area (Å²) in [5.41, 5.74) is 4.31. The number of halogens is 2. The third kappa shape index (κ3) is 3.18.